The quantitative estimate of drug-likeness (QED) is 0.781. The summed E-state index contributed by atoms with van der Waals surface area (Å²) in [6.45, 7) is 0. The number of hydrogen-bond acceptors (Lipinski definition) is 4. The van der Waals surface area contributed by atoms with Crippen LogP contribution in [-0.2, 0) is 9.53 Å². The van der Waals surface area contributed by atoms with E-state index in [0.717, 1.165) is 29.1 Å². The fraction of sp³-hybridized carbons (Fsp3) is 0.294. The second-order valence-electron chi connectivity index (χ2n) is 5.70. The Bertz CT molecular complexity index is 837. The zero-order chi connectivity index (χ0) is 15.8. The maximum atomic E-state index is 12.6. The van der Waals surface area contributed by atoms with Crippen LogP contribution >= 0.6 is 11.3 Å². The van der Waals surface area contributed by atoms with Crippen molar-refractivity contribution >= 4 is 28.7 Å². The molecule has 1 fully saturated rings. The molecule has 0 saturated heterocycles. The van der Waals surface area contributed by atoms with Gasteiger partial charge in [-0.05, 0) is 42.3 Å². The molecule has 3 heterocycles. The van der Waals surface area contributed by atoms with Crippen LogP contribution in [0.25, 0.3) is 16.2 Å². The third-order valence-electron chi connectivity index (χ3n) is 4.09. The first kappa shape index (κ1) is 14.4. The summed E-state index contributed by atoms with van der Waals surface area (Å²) in [4.78, 5) is 18.3. The Kier molecular flexibility index (Phi) is 3.63. The molecule has 0 bridgehead atoms. The van der Waals surface area contributed by atoms with E-state index in [1.165, 1.54) is 0 Å². The molecule has 1 amide bonds. The van der Waals surface area contributed by atoms with Crippen molar-refractivity contribution < 1.29 is 9.53 Å². The van der Waals surface area contributed by atoms with Gasteiger partial charge in [0.1, 0.15) is 23.3 Å². The second-order valence-corrected chi connectivity index (χ2v) is 6.65. The number of aromatic nitrogens is 2. The molecule has 118 valence electrons. The van der Waals surface area contributed by atoms with E-state index in [-0.39, 0.29) is 12.0 Å². The van der Waals surface area contributed by atoms with Gasteiger partial charge in [0, 0.05) is 13.3 Å². The molecular formula is C17H17N3O2S. The molecule has 1 aliphatic rings. The molecule has 3 aromatic rings. The summed E-state index contributed by atoms with van der Waals surface area (Å²) in [6, 6.07) is 9.79. The van der Waals surface area contributed by atoms with Crippen LogP contribution in [-0.4, -0.2) is 28.5 Å². The molecular weight excluding hydrogens is 310 g/mol. The minimum Gasteiger partial charge on any atom is -0.371 e. The first-order chi connectivity index (χ1) is 11.3. The SMILES string of the molecule is COC(C(=O)Nc1c(-c2cccs2)nc2ccccn12)C1CC1. The molecule has 1 atom stereocenters. The third-order valence-corrected chi connectivity index (χ3v) is 4.97. The van der Waals surface area contributed by atoms with Gasteiger partial charge in [0.05, 0.1) is 4.88 Å². The number of methoxy groups -OCH3 is 1. The zero-order valence-corrected chi connectivity index (χ0v) is 13.5. The van der Waals surface area contributed by atoms with Crippen LogP contribution in [0.3, 0.4) is 0 Å². The Labute approximate surface area is 137 Å². The number of imidazole rings is 1. The zero-order valence-electron chi connectivity index (χ0n) is 12.7. The van der Waals surface area contributed by atoms with Gasteiger partial charge in [0.2, 0.25) is 0 Å². The van der Waals surface area contributed by atoms with Crippen molar-refractivity contribution in [2.75, 3.05) is 12.4 Å². The molecule has 6 heteroatoms. The van der Waals surface area contributed by atoms with Crippen LogP contribution in [0.4, 0.5) is 5.82 Å². The lowest BCUT2D eigenvalue weighted by atomic mass is 10.2. The minimum atomic E-state index is -0.388. The van der Waals surface area contributed by atoms with Crippen molar-refractivity contribution in [3.8, 4) is 10.6 Å². The molecule has 3 aromatic heterocycles. The summed E-state index contributed by atoms with van der Waals surface area (Å²) in [5.41, 5.74) is 1.61. The van der Waals surface area contributed by atoms with Gasteiger partial charge < -0.3 is 10.1 Å². The van der Waals surface area contributed by atoms with Crippen molar-refractivity contribution in [3.63, 3.8) is 0 Å². The molecule has 1 N–H and O–H groups in total. The van der Waals surface area contributed by atoms with Gasteiger partial charge in [0.25, 0.3) is 5.91 Å². The highest BCUT2D eigenvalue weighted by molar-refractivity contribution is 7.13. The normalized spacial score (nSPS) is 15.7. The highest BCUT2D eigenvalue weighted by atomic mass is 32.1. The predicted molar refractivity (Wildman–Crippen MR) is 90.7 cm³/mol. The van der Waals surface area contributed by atoms with E-state index >= 15 is 0 Å². The minimum absolute atomic E-state index is 0.0986. The first-order valence-corrected chi connectivity index (χ1v) is 8.50. The molecule has 1 aliphatic carbocycles. The van der Waals surface area contributed by atoms with Gasteiger partial charge in [-0.25, -0.2) is 4.98 Å². The van der Waals surface area contributed by atoms with E-state index in [0.29, 0.717) is 11.7 Å². The van der Waals surface area contributed by atoms with Gasteiger partial charge in [-0.2, -0.15) is 0 Å². The number of hydrogen-bond donors (Lipinski definition) is 1. The van der Waals surface area contributed by atoms with Crippen LogP contribution < -0.4 is 5.32 Å². The number of nitrogens with one attached hydrogen (secondary N) is 1. The van der Waals surface area contributed by atoms with Crippen molar-refractivity contribution in [3.05, 3.63) is 41.9 Å². The van der Waals surface area contributed by atoms with Gasteiger partial charge in [-0.3, -0.25) is 9.20 Å². The summed E-state index contributed by atoms with van der Waals surface area (Å²) in [5.74, 6) is 0.943. The average Bonchev–Trinajstić information content (AvgIpc) is 3.12. The standard InChI is InChI=1S/C17H17N3O2S/c1-22-15(11-7-8-11)17(21)19-16-14(12-5-4-10-23-12)18-13-6-2-3-9-20(13)16/h2-6,9-11,15H,7-8H2,1H3,(H,19,21). The summed E-state index contributed by atoms with van der Waals surface area (Å²) in [6.07, 6.45) is 3.63. The summed E-state index contributed by atoms with van der Waals surface area (Å²) in [5, 5.41) is 5.04. The van der Waals surface area contributed by atoms with Gasteiger partial charge in [-0.1, -0.05) is 12.1 Å². The Hall–Kier alpha value is -2.18. The number of amides is 1. The second kappa shape index (κ2) is 5.79. The molecule has 5 nitrogen and oxygen atoms in total. The largest absolute Gasteiger partial charge is 0.371 e. The summed E-state index contributed by atoms with van der Waals surface area (Å²) < 4.78 is 7.30. The van der Waals surface area contributed by atoms with E-state index in [1.807, 2.05) is 46.3 Å². The molecule has 4 rings (SSSR count). The number of thiophene rings is 1. The number of carbonyl (C=O) groups excluding carboxylic acids is 1. The Balaban J connectivity index is 1.75. The van der Waals surface area contributed by atoms with E-state index in [1.54, 1.807) is 18.4 Å². The van der Waals surface area contributed by atoms with Gasteiger partial charge in [0.15, 0.2) is 0 Å². The van der Waals surface area contributed by atoms with Crippen LogP contribution in [0.2, 0.25) is 0 Å². The lowest BCUT2D eigenvalue weighted by Crippen LogP contribution is -2.31. The number of fused-ring (bicyclic) bond motifs is 1. The number of pyridine rings is 1. The number of carbonyl (C=O) groups is 1. The van der Waals surface area contributed by atoms with E-state index in [2.05, 4.69) is 10.3 Å². The maximum absolute atomic E-state index is 12.6. The van der Waals surface area contributed by atoms with Crippen molar-refractivity contribution in [2.45, 2.75) is 18.9 Å². The lowest BCUT2D eigenvalue weighted by Gasteiger charge is -2.14. The fourth-order valence-electron chi connectivity index (χ4n) is 2.80. The van der Waals surface area contributed by atoms with E-state index in [9.17, 15) is 4.79 Å². The molecule has 23 heavy (non-hydrogen) atoms. The fourth-order valence-corrected chi connectivity index (χ4v) is 3.52. The molecule has 1 saturated carbocycles. The lowest BCUT2D eigenvalue weighted by molar-refractivity contribution is -0.126. The van der Waals surface area contributed by atoms with Crippen LogP contribution in [0.5, 0.6) is 0 Å². The monoisotopic (exact) mass is 327 g/mol. The highest BCUT2D eigenvalue weighted by Gasteiger charge is 2.37. The average molecular weight is 327 g/mol. The van der Waals surface area contributed by atoms with Crippen LogP contribution in [0.1, 0.15) is 12.8 Å². The van der Waals surface area contributed by atoms with E-state index in [4.69, 9.17) is 4.74 Å². The molecule has 1 unspecified atom stereocenters. The van der Waals surface area contributed by atoms with Crippen molar-refractivity contribution in [2.24, 2.45) is 5.92 Å². The summed E-state index contributed by atoms with van der Waals surface area (Å²) >= 11 is 1.61. The maximum Gasteiger partial charge on any atom is 0.254 e. The smallest absolute Gasteiger partial charge is 0.254 e. The molecule has 0 radical (unpaired) electrons. The Morgan fingerprint density at radius 3 is 2.96 bits per heavy atom. The topological polar surface area (TPSA) is 55.6 Å². The van der Waals surface area contributed by atoms with Crippen molar-refractivity contribution in [1.82, 2.24) is 9.38 Å². The van der Waals surface area contributed by atoms with Gasteiger partial charge in [-0.15, -0.1) is 11.3 Å². The molecule has 0 aliphatic heterocycles. The Morgan fingerprint density at radius 2 is 2.26 bits per heavy atom. The van der Waals surface area contributed by atoms with Gasteiger partial charge >= 0.3 is 0 Å². The summed E-state index contributed by atoms with van der Waals surface area (Å²) in [7, 11) is 1.59. The number of anilines is 1. The van der Waals surface area contributed by atoms with E-state index < -0.39 is 0 Å². The predicted octanol–water partition coefficient (Wildman–Crippen LogP) is 3.43. The molecule has 0 spiro atoms. The highest BCUT2D eigenvalue weighted by Crippen LogP contribution is 2.36. The number of nitrogens with zero attached hydrogens (tertiary/aromatic N) is 2. The Morgan fingerprint density at radius 1 is 1.39 bits per heavy atom. The first-order valence-electron chi connectivity index (χ1n) is 7.62. The van der Waals surface area contributed by atoms with Crippen LogP contribution in [0, 0.1) is 5.92 Å². The van der Waals surface area contributed by atoms with Crippen molar-refractivity contribution in [1.29, 1.82) is 0 Å². The number of rotatable bonds is 5. The van der Waals surface area contributed by atoms with Crippen LogP contribution in [0.15, 0.2) is 41.9 Å². The molecule has 0 aromatic carbocycles. The third kappa shape index (κ3) is 2.64. The number of ether oxygens (including phenoxy) is 1.